The van der Waals surface area contributed by atoms with E-state index in [1.807, 2.05) is 12.1 Å². The van der Waals surface area contributed by atoms with Crippen LogP contribution >= 0.6 is 11.6 Å². The standard InChI is InChI=1S/C14H22ClNO2/c1-3-12(4-2)16-9-13(17)10-18-14-7-5-6-11(15)8-14/h5-8,12-13,16-17H,3-4,9-10H2,1-2H3. The van der Waals surface area contributed by atoms with Crippen molar-refractivity contribution in [3.05, 3.63) is 29.3 Å². The zero-order chi connectivity index (χ0) is 13.4. The molecule has 1 aromatic rings. The summed E-state index contributed by atoms with van der Waals surface area (Å²) < 4.78 is 5.47. The van der Waals surface area contributed by atoms with Crippen molar-refractivity contribution in [2.75, 3.05) is 13.2 Å². The van der Waals surface area contributed by atoms with E-state index in [0.717, 1.165) is 12.8 Å². The van der Waals surface area contributed by atoms with Gasteiger partial charge in [-0.25, -0.2) is 0 Å². The SMILES string of the molecule is CCC(CC)NCC(O)COc1cccc(Cl)c1. The minimum Gasteiger partial charge on any atom is -0.491 e. The van der Waals surface area contributed by atoms with Crippen LogP contribution in [0.3, 0.4) is 0 Å². The van der Waals surface area contributed by atoms with Crippen molar-refractivity contribution in [1.29, 1.82) is 0 Å². The average Bonchev–Trinajstić information content (AvgIpc) is 2.37. The van der Waals surface area contributed by atoms with Crippen molar-refractivity contribution in [2.45, 2.75) is 38.8 Å². The van der Waals surface area contributed by atoms with E-state index in [2.05, 4.69) is 19.2 Å². The molecule has 0 aliphatic heterocycles. The van der Waals surface area contributed by atoms with Crippen LogP contribution in [0.1, 0.15) is 26.7 Å². The summed E-state index contributed by atoms with van der Waals surface area (Å²) in [5, 5.41) is 13.7. The van der Waals surface area contributed by atoms with E-state index in [4.69, 9.17) is 16.3 Å². The van der Waals surface area contributed by atoms with Crippen LogP contribution < -0.4 is 10.1 Å². The molecule has 0 aliphatic rings. The Morgan fingerprint density at radius 2 is 2.06 bits per heavy atom. The lowest BCUT2D eigenvalue weighted by molar-refractivity contribution is 0.103. The maximum atomic E-state index is 9.80. The number of hydrogen-bond donors (Lipinski definition) is 2. The zero-order valence-electron chi connectivity index (χ0n) is 11.0. The third-order valence-electron chi connectivity index (χ3n) is 2.87. The summed E-state index contributed by atoms with van der Waals surface area (Å²) in [5.74, 6) is 0.684. The van der Waals surface area contributed by atoms with Gasteiger partial charge in [0.15, 0.2) is 0 Å². The lowest BCUT2D eigenvalue weighted by Gasteiger charge is -2.18. The number of aliphatic hydroxyl groups is 1. The van der Waals surface area contributed by atoms with E-state index < -0.39 is 6.10 Å². The minimum atomic E-state index is -0.510. The Morgan fingerprint density at radius 1 is 1.33 bits per heavy atom. The third kappa shape index (κ3) is 5.71. The molecule has 1 rings (SSSR count). The molecule has 1 atom stereocenters. The van der Waals surface area contributed by atoms with Gasteiger partial charge in [0.25, 0.3) is 0 Å². The summed E-state index contributed by atoms with van der Waals surface area (Å²) in [5.41, 5.74) is 0. The first-order chi connectivity index (χ1) is 8.65. The largest absolute Gasteiger partial charge is 0.491 e. The summed E-state index contributed by atoms with van der Waals surface area (Å²) in [4.78, 5) is 0. The fourth-order valence-electron chi connectivity index (χ4n) is 1.69. The fraction of sp³-hybridized carbons (Fsp3) is 0.571. The van der Waals surface area contributed by atoms with Crippen molar-refractivity contribution < 1.29 is 9.84 Å². The minimum absolute atomic E-state index is 0.271. The summed E-state index contributed by atoms with van der Waals surface area (Å²) in [6.45, 7) is 5.09. The van der Waals surface area contributed by atoms with Gasteiger partial charge in [-0.2, -0.15) is 0 Å². The normalized spacial score (nSPS) is 12.7. The number of aliphatic hydroxyl groups excluding tert-OH is 1. The quantitative estimate of drug-likeness (QED) is 0.764. The molecule has 0 aromatic heterocycles. The summed E-state index contributed by atoms with van der Waals surface area (Å²) >= 11 is 5.85. The van der Waals surface area contributed by atoms with Gasteiger partial charge in [0.2, 0.25) is 0 Å². The molecule has 0 bridgehead atoms. The van der Waals surface area contributed by atoms with Crippen LogP contribution in [0.5, 0.6) is 5.75 Å². The van der Waals surface area contributed by atoms with Crippen LogP contribution in [-0.2, 0) is 0 Å². The van der Waals surface area contributed by atoms with Crippen LogP contribution in [0.15, 0.2) is 24.3 Å². The highest BCUT2D eigenvalue weighted by Gasteiger charge is 2.08. The second-order valence-corrected chi connectivity index (χ2v) is 4.78. The van der Waals surface area contributed by atoms with Crippen molar-refractivity contribution >= 4 is 11.6 Å². The second-order valence-electron chi connectivity index (χ2n) is 4.34. The number of halogens is 1. The summed E-state index contributed by atoms with van der Waals surface area (Å²) in [6, 6.07) is 7.65. The molecule has 0 saturated heterocycles. The van der Waals surface area contributed by atoms with Crippen LogP contribution in [0, 0.1) is 0 Å². The van der Waals surface area contributed by atoms with Crippen molar-refractivity contribution in [3.8, 4) is 5.75 Å². The maximum Gasteiger partial charge on any atom is 0.120 e. The number of nitrogens with one attached hydrogen (secondary N) is 1. The Hall–Kier alpha value is -0.770. The fourth-order valence-corrected chi connectivity index (χ4v) is 1.87. The third-order valence-corrected chi connectivity index (χ3v) is 3.10. The van der Waals surface area contributed by atoms with E-state index in [1.54, 1.807) is 12.1 Å². The Balaban J connectivity index is 2.26. The topological polar surface area (TPSA) is 41.5 Å². The summed E-state index contributed by atoms with van der Waals surface area (Å²) in [7, 11) is 0. The molecule has 2 N–H and O–H groups in total. The van der Waals surface area contributed by atoms with Crippen molar-refractivity contribution in [2.24, 2.45) is 0 Å². The Bertz CT molecular complexity index is 342. The lowest BCUT2D eigenvalue weighted by Crippen LogP contribution is -2.37. The molecule has 4 heteroatoms. The molecule has 0 aliphatic carbocycles. The van der Waals surface area contributed by atoms with Gasteiger partial charge in [-0.1, -0.05) is 31.5 Å². The molecule has 3 nitrogen and oxygen atoms in total. The Morgan fingerprint density at radius 3 is 2.67 bits per heavy atom. The first-order valence-electron chi connectivity index (χ1n) is 6.45. The van der Waals surface area contributed by atoms with Gasteiger partial charge in [0.05, 0.1) is 0 Å². The lowest BCUT2D eigenvalue weighted by atomic mass is 10.1. The smallest absolute Gasteiger partial charge is 0.120 e. The first-order valence-corrected chi connectivity index (χ1v) is 6.83. The van der Waals surface area contributed by atoms with Crippen LogP contribution in [0.2, 0.25) is 5.02 Å². The average molecular weight is 272 g/mol. The van der Waals surface area contributed by atoms with E-state index in [-0.39, 0.29) is 6.61 Å². The highest BCUT2D eigenvalue weighted by molar-refractivity contribution is 6.30. The van der Waals surface area contributed by atoms with Crippen LogP contribution in [0.4, 0.5) is 0 Å². The number of ether oxygens (including phenoxy) is 1. The highest BCUT2D eigenvalue weighted by atomic mass is 35.5. The zero-order valence-corrected chi connectivity index (χ0v) is 11.8. The van der Waals surface area contributed by atoms with Crippen LogP contribution in [0.25, 0.3) is 0 Å². The van der Waals surface area contributed by atoms with Gasteiger partial charge in [0, 0.05) is 17.6 Å². The Kier molecular flexibility index (Phi) is 7.09. The number of rotatable bonds is 8. The molecule has 0 radical (unpaired) electrons. The Labute approximate surface area is 114 Å². The molecule has 1 unspecified atom stereocenters. The van der Waals surface area contributed by atoms with Gasteiger partial charge < -0.3 is 15.2 Å². The van der Waals surface area contributed by atoms with E-state index >= 15 is 0 Å². The molecule has 102 valence electrons. The molecule has 18 heavy (non-hydrogen) atoms. The van der Waals surface area contributed by atoms with Gasteiger partial charge in [-0.15, -0.1) is 0 Å². The van der Waals surface area contributed by atoms with E-state index in [1.165, 1.54) is 0 Å². The van der Waals surface area contributed by atoms with Gasteiger partial charge in [-0.05, 0) is 31.0 Å². The second kappa shape index (κ2) is 8.35. The molecule has 0 saturated carbocycles. The number of benzene rings is 1. The molecular formula is C14H22ClNO2. The molecule has 0 fully saturated rings. The van der Waals surface area contributed by atoms with Gasteiger partial charge >= 0.3 is 0 Å². The van der Waals surface area contributed by atoms with Crippen molar-refractivity contribution in [3.63, 3.8) is 0 Å². The number of hydrogen-bond acceptors (Lipinski definition) is 3. The highest BCUT2D eigenvalue weighted by Crippen LogP contribution is 2.17. The van der Waals surface area contributed by atoms with Crippen molar-refractivity contribution in [1.82, 2.24) is 5.32 Å². The van der Waals surface area contributed by atoms with Gasteiger partial charge in [0.1, 0.15) is 18.5 Å². The monoisotopic (exact) mass is 271 g/mol. The van der Waals surface area contributed by atoms with Crippen LogP contribution in [-0.4, -0.2) is 30.4 Å². The molecule has 0 amide bonds. The molecule has 1 aromatic carbocycles. The van der Waals surface area contributed by atoms with Gasteiger partial charge in [-0.3, -0.25) is 0 Å². The molecule has 0 spiro atoms. The molecule has 0 heterocycles. The predicted molar refractivity (Wildman–Crippen MR) is 75.3 cm³/mol. The summed E-state index contributed by atoms with van der Waals surface area (Å²) in [6.07, 6.45) is 1.63. The first kappa shape index (κ1) is 15.3. The predicted octanol–water partition coefficient (Wildman–Crippen LogP) is 2.86. The molecular weight excluding hydrogens is 250 g/mol. The van der Waals surface area contributed by atoms with E-state index in [9.17, 15) is 5.11 Å². The maximum absolute atomic E-state index is 9.80. The van der Waals surface area contributed by atoms with E-state index in [0.29, 0.717) is 23.4 Å².